The first-order chi connectivity index (χ1) is 11.2. The Kier molecular flexibility index (Phi) is 2.85. The Balaban J connectivity index is 1.53. The Morgan fingerprint density at radius 1 is 1.17 bits per heavy atom. The Morgan fingerprint density at radius 2 is 2.00 bits per heavy atom. The van der Waals surface area contributed by atoms with Gasteiger partial charge in [-0.15, -0.1) is 0 Å². The highest BCUT2D eigenvalue weighted by atomic mass is 16.2. The maximum absolute atomic E-state index is 12.7. The van der Waals surface area contributed by atoms with Gasteiger partial charge in [-0.1, -0.05) is 25.7 Å². The second-order valence-electron chi connectivity index (χ2n) is 7.47. The lowest BCUT2D eigenvalue weighted by Gasteiger charge is -2.33. The van der Waals surface area contributed by atoms with Crippen molar-refractivity contribution in [3.05, 3.63) is 11.5 Å². The number of rotatable bonds is 2. The molecule has 1 amide bonds. The van der Waals surface area contributed by atoms with Crippen molar-refractivity contribution < 1.29 is 4.79 Å². The number of aliphatic imine (C=N–C) groups is 1. The third kappa shape index (κ3) is 1.90. The molecule has 0 saturated heterocycles. The molecule has 1 aromatic rings. The van der Waals surface area contributed by atoms with Gasteiger partial charge in [0.05, 0.1) is 12.1 Å². The van der Waals surface area contributed by atoms with Crippen molar-refractivity contribution >= 4 is 17.7 Å². The minimum absolute atomic E-state index is 0.000135. The standard InChI is InChI=1S/C17H23N5O/c1-21-16(23)14-15(20-13(19-14)9-10-5-2-3-6-10)22-12-8-4-7-11(12)18-17(21)22/h10-12H,2-9H2,1H3,(H,19,20)/t11-,12+/m1/s1. The SMILES string of the molecule is CN1C(=O)c2[nH]c(CC3CCCC3)nc2N2C1=N[C@@H]1CCC[C@@H]12. The van der Waals surface area contributed by atoms with Crippen LogP contribution in [0.5, 0.6) is 0 Å². The van der Waals surface area contributed by atoms with Crippen molar-refractivity contribution in [3.8, 4) is 0 Å². The normalized spacial score (nSPS) is 29.8. The molecule has 2 aliphatic carbocycles. The van der Waals surface area contributed by atoms with Gasteiger partial charge in [0, 0.05) is 13.5 Å². The Morgan fingerprint density at radius 3 is 2.83 bits per heavy atom. The number of anilines is 1. The van der Waals surface area contributed by atoms with Gasteiger partial charge in [0.2, 0.25) is 5.96 Å². The maximum Gasteiger partial charge on any atom is 0.280 e. The third-order valence-corrected chi connectivity index (χ3v) is 6.01. The second kappa shape index (κ2) is 4.82. The molecule has 6 heteroatoms. The smallest absolute Gasteiger partial charge is 0.280 e. The Bertz CT molecular complexity index is 687. The van der Waals surface area contributed by atoms with Crippen LogP contribution in [0.4, 0.5) is 5.82 Å². The number of hydrogen-bond donors (Lipinski definition) is 1. The van der Waals surface area contributed by atoms with E-state index < -0.39 is 0 Å². The van der Waals surface area contributed by atoms with E-state index in [1.807, 2.05) is 7.05 Å². The van der Waals surface area contributed by atoms with Gasteiger partial charge in [-0.05, 0) is 25.2 Å². The average Bonchev–Trinajstić information content (AvgIpc) is 3.27. The second-order valence-corrected chi connectivity index (χ2v) is 7.47. The number of nitrogens with zero attached hydrogens (tertiary/aromatic N) is 4. The molecule has 1 aromatic heterocycles. The molecular weight excluding hydrogens is 290 g/mol. The molecule has 0 unspecified atom stereocenters. The van der Waals surface area contributed by atoms with Crippen LogP contribution in [0.15, 0.2) is 4.99 Å². The molecule has 2 saturated carbocycles. The number of aromatic nitrogens is 2. The van der Waals surface area contributed by atoms with Crippen molar-refractivity contribution in [2.75, 3.05) is 11.9 Å². The first kappa shape index (κ1) is 13.6. The highest BCUT2D eigenvalue weighted by molar-refractivity contribution is 6.18. The van der Waals surface area contributed by atoms with Crippen LogP contribution >= 0.6 is 0 Å². The van der Waals surface area contributed by atoms with Crippen molar-refractivity contribution in [2.45, 2.75) is 63.5 Å². The van der Waals surface area contributed by atoms with Crippen LogP contribution in [0.3, 0.4) is 0 Å². The fourth-order valence-corrected chi connectivity index (χ4v) is 4.81. The molecule has 122 valence electrons. The molecule has 0 bridgehead atoms. The van der Waals surface area contributed by atoms with Crippen LogP contribution in [0.1, 0.15) is 61.3 Å². The van der Waals surface area contributed by atoms with Gasteiger partial charge in [-0.3, -0.25) is 14.6 Å². The van der Waals surface area contributed by atoms with Gasteiger partial charge < -0.3 is 4.98 Å². The summed E-state index contributed by atoms with van der Waals surface area (Å²) < 4.78 is 0. The first-order valence-corrected chi connectivity index (χ1v) is 8.96. The van der Waals surface area contributed by atoms with Crippen LogP contribution in [0.2, 0.25) is 0 Å². The molecule has 1 N–H and O–H groups in total. The number of aromatic amines is 1. The fraction of sp³-hybridized carbons (Fsp3) is 0.706. The maximum atomic E-state index is 12.7. The molecule has 23 heavy (non-hydrogen) atoms. The summed E-state index contributed by atoms with van der Waals surface area (Å²) in [6.45, 7) is 0. The lowest BCUT2D eigenvalue weighted by Crippen LogP contribution is -2.51. The molecule has 0 aromatic carbocycles. The highest BCUT2D eigenvalue weighted by Crippen LogP contribution is 2.40. The van der Waals surface area contributed by atoms with E-state index in [0.29, 0.717) is 17.8 Å². The summed E-state index contributed by atoms with van der Waals surface area (Å²) in [7, 11) is 1.83. The molecule has 3 heterocycles. The number of nitrogens with one attached hydrogen (secondary N) is 1. The Hall–Kier alpha value is -1.85. The summed E-state index contributed by atoms with van der Waals surface area (Å²) in [5.41, 5.74) is 0.659. The number of carbonyl (C=O) groups is 1. The molecule has 2 aliphatic heterocycles. The summed E-state index contributed by atoms with van der Waals surface area (Å²) in [4.78, 5) is 29.6. The quantitative estimate of drug-likeness (QED) is 0.911. The number of hydrogen-bond acceptors (Lipinski definition) is 4. The van der Waals surface area contributed by atoms with Crippen LogP contribution in [0.25, 0.3) is 0 Å². The summed E-state index contributed by atoms with van der Waals surface area (Å²) in [6, 6.07) is 0.725. The lowest BCUT2D eigenvalue weighted by atomic mass is 10.0. The number of amides is 1. The zero-order valence-corrected chi connectivity index (χ0v) is 13.6. The summed E-state index contributed by atoms with van der Waals surface area (Å²) in [5.74, 6) is 3.33. The minimum Gasteiger partial charge on any atom is -0.336 e. The van der Waals surface area contributed by atoms with Crippen molar-refractivity contribution in [1.29, 1.82) is 0 Å². The number of guanidine groups is 1. The summed E-state index contributed by atoms with van der Waals surface area (Å²) in [5, 5.41) is 0. The number of fused-ring (bicyclic) bond motifs is 5. The van der Waals surface area contributed by atoms with E-state index in [2.05, 4.69) is 9.88 Å². The van der Waals surface area contributed by atoms with Crippen LogP contribution in [-0.2, 0) is 6.42 Å². The zero-order valence-electron chi connectivity index (χ0n) is 13.6. The van der Waals surface area contributed by atoms with E-state index in [9.17, 15) is 4.79 Å². The molecule has 0 radical (unpaired) electrons. The van der Waals surface area contributed by atoms with E-state index in [1.54, 1.807) is 4.90 Å². The van der Waals surface area contributed by atoms with Crippen LogP contribution in [-0.4, -0.2) is 45.9 Å². The lowest BCUT2D eigenvalue weighted by molar-refractivity contribution is 0.0859. The van der Waals surface area contributed by atoms with E-state index in [4.69, 9.17) is 9.98 Å². The van der Waals surface area contributed by atoms with Gasteiger partial charge >= 0.3 is 0 Å². The molecule has 4 aliphatic rings. The highest BCUT2D eigenvalue weighted by Gasteiger charge is 2.48. The third-order valence-electron chi connectivity index (χ3n) is 6.01. The topological polar surface area (TPSA) is 64.6 Å². The van der Waals surface area contributed by atoms with Crippen molar-refractivity contribution in [1.82, 2.24) is 14.9 Å². The zero-order chi connectivity index (χ0) is 15.6. The van der Waals surface area contributed by atoms with Crippen molar-refractivity contribution in [3.63, 3.8) is 0 Å². The van der Waals surface area contributed by atoms with Gasteiger partial charge in [0.25, 0.3) is 5.91 Å². The molecule has 2 fully saturated rings. The predicted molar refractivity (Wildman–Crippen MR) is 87.7 cm³/mol. The van der Waals surface area contributed by atoms with E-state index >= 15 is 0 Å². The van der Waals surface area contributed by atoms with Gasteiger partial charge in [-0.25, -0.2) is 9.98 Å². The predicted octanol–water partition coefficient (Wildman–Crippen LogP) is 2.33. The first-order valence-electron chi connectivity index (χ1n) is 8.96. The van der Waals surface area contributed by atoms with E-state index in [-0.39, 0.29) is 5.91 Å². The molecular formula is C17H23N5O. The van der Waals surface area contributed by atoms with Gasteiger partial charge in [0.1, 0.15) is 11.5 Å². The van der Waals surface area contributed by atoms with Crippen LogP contribution in [0, 0.1) is 5.92 Å². The minimum atomic E-state index is 0.000135. The van der Waals surface area contributed by atoms with E-state index in [0.717, 1.165) is 42.8 Å². The average molecular weight is 313 g/mol. The molecule has 5 rings (SSSR count). The summed E-state index contributed by atoms with van der Waals surface area (Å²) >= 11 is 0. The molecule has 6 nitrogen and oxygen atoms in total. The van der Waals surface area contributed by atoms with Crippen LogP contribution < -0.4 is 4.90 Å². The van der Waals surface area contributed by atoms with Crippen molar-refractivity contribution in [2.24, 2.45) is 10.9 Å². The molecule has 0 spiro atoms. The van der Waals surface area contributed by atoms with Gasteiger partial charge in [-0.2, -0.15) is 0 Å². The van der Waals surface area contributed by atoms with Gasteiger partial charge in [0.15, 0.2) is 5.82 Å². The summed E-state index contributed by atoms with van der Waals surface area (Å²) in [6.07, 6.45) is 9.71. The largest absolute Gasteiger partial charge is 0.336 e. The van der Waals surface area contributed by atoms with E-state index in [1.165, 1.54) is 32.1 Å². The number of carbonyl (C=O) groups excluding carboxylic acids is 1. The Labute approximate surface area is 136 Å². The molecule has 2 atom stereocenters. The number of H-pyrrole nitrogens is 1. The number of imidazole rings is 1. The fourth-order valence-electron chi connectivity index (χ4n) is 4.81. The monoisotopic (exact) mass is 313 g/mol.